The van der Waals surface area contributed by atoms with Crippen molar-refractivity contribution in [1.82, 2.24) is 0 Å². The Bertz CT molecular complexity index is 2520. The summed E-state index contributed by atoms with van der Waals surface area (Å²) in [5, 5.41) is 10.7. The number of phosphoric acid groups is 2. The minimum Gasteiger partial charge on any atom is -0.462 e. The van der Waals surface area contributed by atoms with Crippen molar-refractivity contribution in [3.05, 3.63) is 122 Å². The monoisotopic (exact) mass is 1560 g/mol. The summed E-state index contributed by atoms with van der Waals surface area (Å²) in [5.41, 5.74) is 0. The molecule has 0 fully saturated rings. The number of phosphoric ester groups is 2. The predicted molar refractivity (Wildman–Crippen MR) is 445 cm³/mol. The van der Waals surface area contributed by atoms with E-state index in [4.69, 9.17) is 37.0 Å². The summed E-state index contributed by atoms with van der Waals surface area (Å²) < 4.78 is 68.6. The zero-order valence-corrected chi connectivity index (χ0v) is 70.0. The van der Waals surface area contributed by atoms with E-state index in [1.54, 1.807) is 0 Å². The molecule has 0 aliphatic rings. The van der Waals surface area contributed by atoms with Crippen molar-refractivity contribution in [1.29, 1.82) is 0 Å². The van der Waals surface area contributed by atoms with E-state index in [-0.39, 0.29) is 25.7 Å². The van der Waals surface area contributed by atoms with Crippen molar-refractivity contribution in [3.8, 4) is 0 Å². The number of unbranched alkanes of at least 4 members (excludes halogenated alkanes) is 34. The van der Waals surface area contributed by atoms with Crippen molar-refractivity contribution >= 4 is 39.5 Å². The lowest BCUT2D eigenvalue weighted by Gasteiger charge is -2.21. The summed E-state index contributed by atoms with van der Waals surface area (Å²) >= 11 is 0. The van der Waals surface area contributed by atoms with Crippen molar-refractivity contribution in [2.75, 3.05) is 39.6 Å². The number of hydrogen-bond donors (Lipinski definition) is 3. The molecule has 0 rings (SSSR count). The predicted octanol–water partition coefficient (Wildman–Crippen LogP) is 25.5. The van der Waals surface area contributed by atoms with Gasteiger partial charge in [0.15, 0.2) is 12.2 Å². The zero-order valence-electron chi connectivity index (χ0n) is 68.2. The highest BCUT2D eigenvalue weighted by Crippen LogP contribution is 2.45. The van der Waals surface area contributed by atoms with Gasteiger partial charge in [0.1, 0.15) is 19.3 Å². The number of esters is 4. The number of allylic oxidation sites excluding steroid dienone is 20. The van der Waals surface area contributed by atoms with E-state index >= 15 is 0 Å². The van der Waals surface area contributed by atoms with E-state index < -0.39 is 97.5 Å². The van der Waals surface area contributed by atoms with Gasteiger partial charge in [-0.1, -0.05) is 355 Å². The van der Waals surface area contributed by atoms with Gasteiger partial charge in [-0.15, -0.1) is 0 Å². The molecule has 0 saturated heterocycles. The van der Waals surface area contributed by atoms with E-state index in [0.717, 1.165) is 96.3 Å². The van der Waals surface area contributed by atoms with Crippen LogP contribution >= 0.6 is 15.6 Å². The van der Waals surface area contributed by atoms with Crippen LogP contribution in [-0.4, -0.2) is 96.7 Å². The Labute approximate surface area is 657 Å². The molecule has 0 aliphatic heterocycles. The first-order valence-corrected chi connectivity index (χ1v) is 45.8. The van der Waals surface area contributed by atoms with Gasteiger partial charge in [-0.3, -0.25) is 37.3 Å². The molecule has 17 nitrogen and oxygen atoms in total. The molecule has 0 heterocycles. The highest BCUT2D eigenvalue weighted by molar-refractivity contribution is 7.47. The van der Waals surface area contributed by atoms with Crippen LogP contribution in [0.15, 0.2) is 122 Å². The lowest BCUT2D eigenvalue weighted by molar-refractivity contribution is -0.161. The second-order valence-electron chi connectivity index (χ2n) is 28.4. The first-order chi connectivity index (χ1) is 52.7. The number of rotatable bonds is 80. The molecule has 0 spiro atoms. The van der Waals surface area contributed by atoms with Crippen LogP contribution in [0.4, 0.5) is 0 Å². The molecule has 0 aliphatic carbocycles. The molecule has 0 bridgehead atoms. The maximum atomic E-state index is 13.1. The van der Waals surface area contributed by atoms with Gasteiger partial charge in [0.25, 0.3) is 0 Å². The Morgan fingerprint density at radius 2 is 0.472 bits per heavy atom. The van der Waals surface area contributed by atoms with Crippen LogP contribution in [0.3, 0.4) is 0 Å². The van der Waals surface area contributed by atoms with E-state index in [9.17, 15) is 43.2 Å². The fourth-order valence-corrected chi connectivity index (χ4v) is 13.0. The second-order valence-corrected chi connectivity index (χ2v) is 31.3. The highest BCUT2D eigenvalue weighted by Gasteiger charge is 2.30. The van der Waals surface area contributed by atoms with E-state index in [1.165, 1.54) is 173 Å². The fourth-order valence-electron chi connectivity index (χ4n) is 11.4. The molecule has 3 N–H and O–H groups in total. The Morgan fingerprint density at radius 3 is 0.769 bits per heavy atom. The lowest BCUT2D eigenvalue weighted by atomic mass is 10.0. The summed E-state index contributed by atoms with van der Waals surface area (Å²) in [6.07, 6.45) is 90.5. The van der Waals surface area contributed by atoms with Gasteiger partial charge in [-0.25, -0.2) is 9.13 Å². The number of aliphatic hydroxyl groups is 1. The Kier molecular flexibility index (Phi) is 77.1. The SMILES string of the molecule is CCCCC/C=C\C/C=C\C/C=C\C/C=C\C/C=C\CCC(=O)OC[C@H](COP(=O)(O)OC[C@@H](O)COP(=O)(O)OC[C@@H](COC(=O)CCCCCCCCCCCCCCCCC)OC(=O)CCCCCCCCCCCCCCCCC)OC(=O)CC/C=C\C/C=C\C/C=C\C/C=C\C/C=C\CCCCC. The van der Waals surface area contributed by atoms with Crippen molar-refractivity contribution in [2.45, 2.75) is 380 Å². The third kappa shape index (κ3) is 79.5. The normalized spacial score (nSPS) is 14.4. The van der Waals surface area contributed by atoms with Gasteiger partial charge in [0.2, 0.25) is 0 Å². The molecule has 108 heavy (non-hydrogen) atoms. The summed E-state index contributed by atoms with van der Waals surface area (Å²) in [5.74, 6) is -2.35. The van der Waals surface area contributed by atoms with Crippen LogP contribution in [0.5, 0.6) is 0 Å². The van der Waals surface area contributed by atoms with Crippen LogP contribution < -0.4 is 0 Å². The van der Waals surface area contributed by atoms with Crippen molar-refractivity contribution in [2.24, 2.45) is 0 Å². The Balaban J connectivity index is 5.49. The van der Waals surface area contributed by atoms with Crippen LogP contribution in [0.2, 0.25) is 0 Å². The van der Waals surface area contributed by atoms with Gasteiger partial charge in [-0.2, -0.15) is 0 Å². The summed E-state index contributed by atoms with van der Waals surface area (Å²) in [7, 11) is -10.0. The van der Waals surface area contributed by atoms with Crippen LogP contribution in [0.25, 0.3) is 0 Å². The van der Waals surface area contributed by atoms with Gasteiger partial charge >= 0.3 is 39.5 Å². The standard InChI is InChI=1S/C89H154O17P2/c1-5-9-13-17-21-25-29-33-37-39-41-43-47-50-54-58-62-66-70-74-87(92)100-80-85(106-89(94)76-72-68-64-60-56-52-48-44-42-40-38-34-30-26-22-18-14-10-6-2)82-104-108(97,98)102-78-83(90)77-101-107(95,96)103-81-84(105-88(93)75-71-67-63-59-55-51-46-36-32-28-24-20-16-12-8-4)79-99-86(91)73-69-65-61-57-53-49-45-35-31-27-23-19-15-11-7-3/h21-22,25-26,33-34,37-38,41-44,50,52,54,56,62,64,66,68,83-85,90H,5-20,23-24,27-32,35-36,39-40,45-49,51,53,55,57-61,63,65,67,69-82H2,1-4H3,(H,95,96)(H,97,98)/b25-21-,26-22-,37-33-,38-34-,43-41-,44-42-,54-50-,56-52-,66-62-,68-64-/t83-,84+,85+/m0/s1. The molecule has 5 atom stereocenters. The summed E-state index contributed by atoms with van der Waals surface area (Å²) in [4.78, 5) is 73.1. The van der Waals surface area contributed by atoms with E-state index in [2.05, 4.69) is 113 Å². The quantitative estimate of drug-likeness (QED) is 0.0169. The molecule has 19 heteroatoms. The number of ether oxygens (including phenoxy) is 4. The molecule has 0 aromatic carbocycles. The highest BCUT2D eigenvalue weighted by atomic mass is 31.2. The first kappa shape index (κ1) is 103. The average molecular weight is 1560 g/mol. The molecule has 0 aromatic heterocycles. The minimum atomic E-state index is -5.02. The van der Waals surface area contributed by atoms with Crippen LogP contribution in [0.1, 0.15) is 362 Å². The van der Waals surface area contributed by atoms with Crippen LogP contribution in [-0.2, 0) is 65.4 Å². The number of hydrogen-bond acceptors (Lipinski definition) is 15. The van der Waals surface area contributed by atoms with Crippen molar-refractivity contribution in [3.63, 3.8) is 0 Å². The number of carbonyl (C=O) groups is 4. The summed E-state index contributed by atoms with van der Waals surface area (Å²) in [6.45, 7) is 4.71. The topological polar surface area (TPSA) is 237 Å². The third-order valence-corrected chi connectivity index (χ3v) is 19.9. The van der Waals surface area contributed by atoms with Gasteiger partial charge < -0.3 is 33.8 Å². The second kappa shape index (κ2) is 80.5. The van der Waals surface area contributed by atoms with Crippen LogP contribution in [0, 0.1) is 0 Å². The summed E-state index contributed by atoms with van der Waals surface area (Å²) in [6, 6.07) is 0. The minimum absolute atomic E-state index is 0.0208. The fraction of sp³-hybridized carbons (Fsp3) is 0.730. The smallest absolute Gasteiger partial charge is 0.462 e. The molecule has 2 unspecified atom stereocenters. The molecule has 0 aromatic rings. The van der Waals surface area contributed by atoms with Crippen molar-refractivity contribution < 1.29 is 80.2 Å². The molecule has 622 valence electrons. The molecular formula is C89H154O17P2. The van der Waals surface area contributed by atoms with Gasteiger partial charge in [0.05, 0.1) is 26.4 Å². The first-order valence-electron chi connectivity index (χ1n) is 42.8. The third-order valence-electron chi connectivity index (χ3n) is 18.0. The van der Waals surface area contributed by atoms with Gasteiger partial charge in [-0.05, 0) is 103 Å². The van der Waals surface area contributed by atoms with E-state index in [1.807, 2.05) is 36.5 Å². The van der Waals surface area contributed by atoms with E-state index in [0.29, 0.717) is 38.5 Å². The average Bonchev–Trinajstić information content (AvgIpc) is 0.896. The number of carbonyl (C=O) groups excluding carboxylic acids is 4. The molecule has 0 saturated carbocycles. The molecule has 0 radical (unpaired) electrons. The Hall–Kier alpha value is -4.54. The number of aliphatic hydroxyl groups excluding tert-OH is 1. The largest absolute Gasteiger partial charge is 0.472 e. The lowest BCUT2D eigenvalue weighted by Crippen LogP contribution is -2.30. The Morgan fingerprint density at radius 1 is 0.259 bits per heavy atom. The molecular weight excluding hydrogens is 1400 g/mol. The molecule has 0 amide bonds. The zero-order chi connectivity index (χ0) is 78.9. The van der Waals surface area contributed by atoms with Gasteiger partial charge in [0, 0.05) is 25.7 Å². The maximum absolute atomic E-state index is 13.1. The maximum Gasteiger partial charge on any atom is 0.472 e.